The summed E-state index contributed by atoms with van der Waals surface area (Å²) >= 11 is 1.62. The maximum Gasteiger partial charge on any atom is 0.255 e. The van der Waals surface area contributed by atoms with Crippen molar-refractivity contribution in [2.45, 2.75) is 6.54 Å². The molecule has 0 spiro atoms. The van der Waals surface area contributed by atoms with E-state index in [0.29, 0.717) is 23.6 Å². The van der Waals surface area contributed by atoms with Gasteiger partial charge >= 0.3 is 0 Å². The van der Waals surface area contributed by atoms with Gasteiger partial charge in [0.15, 0.2) is 11.5 Å². The fourth-order valence-electron chi connectivity index (χ4n) is 2.58. The summed E-state index contributed by atoms with van der Waals surface area (Å²) in [4.78, 5) is 17.0. The van der Waals surface area contributed by atoms with Crippen molar-refractivity contribution in [1.29, 1.82) is 0 Å². The van der Waals surface area contributed by atoms with Crippen molar-refractivity contribution < 1.29 is 14.3 Å². The van der Waals surface area contributed by atoms with Crippen LogP contribution in [0.1, 0.15) is 15.9 Å². The van der Waals surface area contributed by atoms with Crippen LogP contribution in [-0.4, -0.2) is 25.1 Å². The molecule has 1 N–H and O–H groups in total. The van der Waals surface area contributed by atoms with Crippen LogP contribution in [-0.2, 0) is 6.54 Å². The number of nitrogens with zero attached hydrogens (tertiary/aromatic N) is 1. The second-order valence-electron chi connectivity index (χ2n) is 5.25. The van der Waals surface area contributed by atoms with Crippen molar-refractivity contribution >= 4 is 17.2 Å². The highest BCUT2D eigenvalue weighted by atomic mass is 32.1. The van der Waals surface area contributed by atoms with E-state index in [4.69, 9.17) is 9.47 Å². The summed E-state index contributed by atoms with van der Waals surface area (Å²) in [5.74, 6) is 0.720. The van der Waals surface area contributed by atoms with Gasteiger partial charge in [-0.3, -0.25) is 9.78 Å². The first-order chi connectivity index (χ1) is 12.2. The van der Waals surface area contributed by atoms with E-state index in [9.17, 15) is 4.79 Å². The maximum atomic E-state index is 12.6. The molecule has 0 aliphatic rings. The van der Waals surface area contributed by atoms with Crippen LogP contribution < -0.4 is 14.8 Å². The lowest BCUT2D eigenvalue weighted by molar-refractivity contribution is 0.0947. The van der Waals surface area contributed by atoms with E-state index in [2.05, 4.69) is 10.3 Å². The largest absolute Gasteiger partial charge is 0.493 e. The Bertz CT molecular complexity index is 863. The minimum Gasteiger partial charge on any atom is -0.493 e. The smallest absolute Gasteiger partial charge is 0.255 e. The van der Waals surface area contributed by atoms with Gasteiger partial charge in [0.05, 0.1) is 25.5 Å². The number of benzene rings is 1. The summed E-state index contributed by atoms with van der Waals surface area (Å²) < 4.78 is 10.6. The first-order valence-corrected chi connectivity index (χ1v) is 8.64. The van der Waals surface area contributed by atoms with Gasteiger partial charge in [-0.05, 0) is 35.2 Å². The topological polar surface area (TPSA) is 60.5 Å². The Hall–Kier alpha value is -2.86. The normalized spacial score (nSPS) is 10.3. The molecule has 3 aromatic rings. The van der Waals surface area contributed by atoms with E-state index < -0.39 is 0 Å². The van der Waals surface area contributed by atoms with Gasteiger partial charge in [-0.25, -0.2) is 0 Å². The number of rotatable bonds is 6. The van der Waals surface area contributed by atoms with E-state index in [-0.39, 0.29) is 5.91 Å². The van der Waals surface area contributed by atoms with E-state index in [1.807, 2.05) is 29.0 Å². The van der Waals surface area contributed by atoms with Gasteiger partial charge in [-0.1, -0.05) is 12.1 Å². The number of para-hydroxylation sites is 1. The molecule has 3 rings (SSSR count). The number of hydrogen-bond donors (Lipinski definition) is 1. The fourth-order valence-corrected chi connectivity index (χ4v) is 3.22. The van der Waals surface area contributed by atoms with E-state index in [1.54, 1.807) is 42.8 Å². The second-order valence-corrected chi connectivity index (χ2v) is 6.03. The molecule has 1 aromatic carbocycles. The summed E-state index contributed by atoms with van der Waals surface area (Å²) in [7, 11) is 3.06. The molecule has 0 radical (unpaired) electrons. The Labute approximate surface area is 150 Å². The van der Waals surface area contributed by atoms with E-state index in [0.717, 1.165) is 16.8 Å². The molecule has 0 saturated carbocycles. The number of ether oxygens (including phenoxy) is 2. The predicted octanol–water partition coefficient (Wildman–Crippen LogP) is 3.76. The third-order valence-electron chi connectivity index (χ3n) is 3.77. The standard InChI is InChI=1S/C19H18N2O3S/c1-23-16-7-3-6-15(18(16)24-2)19(22)21-11-13-5-4-9-20-17(13)14-8-10-25-12-14/h3-10,12H,11H2,1-2H3,(H,21,22). The highest BCUT2D eigenvalue weighted by Crippen LogP contribution is 2.30. The average molecular weight is 354 g/mol. The van der Waals surface area contributed by atoms with Gasteiger partial charge in [0.2, 0.25) is 0 Å². The molecule has 25 heavy (non-hydrogen) atoms. The van der Waals surface area contributed by atoms with Crippen molar-refractivity contribution in [3.8, 4) is 22.8 Å². The van der Waals surface area contributed by atoms with Crippen molar-refractivity contribution in [1.82, 2.24) is 10.3 Å². The molecule has 0 atom stereocenters. The van der Waals surface area contributed by atoms with Gasteiger partial charge < -0.3 is 14.8 Å². The number of aromatic nitrogens is 1. The van der Waals surface area contributed by atoms with Crippen LogP contribution in [0, 0.1) is 0 Å². The summed E-state index contributed by atoms with van der Waals surface area (Å²) in [5.41, 5.74) is 3.31. The predicted molar refractivity (Wildman–Crippen MR) is 98.3 cm³/mol. The lowest BCUT2D eigenvalue weighted by atomic mass is 10.1. The first-order valence-electron chi connectivity index (χ1n) is 7.70. The van der Waals surface area contributed by atoms with Crippen LogP contribution in [0.25, 0.3) is 11.3 Å². The number of hydrogen-bond acceptors (Lipinski definition) is 5. The quantitative estimate of drug-likeness (QED) is 0.732. The molecule has 0 aliphatic carbocycles. The molecular formula is C19H18N2O3S. The van der Waals surface area contributed by atoms with E-state index >= 15 is 0 Å². The van der Waals surface area contributed by atoms with Gasteiger partial charge in [0, 0.05) is 23.7 Å². The van der Waals surface area contributed by atoms with Crippen LogP contribution in [0.4, 0.5) is 0 Å². The number of pyridine rings is 1. The van der Waals surface area contributed by atoms with Crippen molar-refractivity contribution in [3.63, 3.8) is 0 Å². The maximum absolute atomic E-state index is 12.6. The van der Waals surface area contributed by atoms with Gasteiger partial charge in [0.25, 0.3) is 5.91 Å². The van der Waals surface area contributed by atoms with Crippen molar-refractivity contribution in [2.75, 3.05) is 14.2 Å². The summed E-state index contributed by atoms with van der Waals surface area (Å²) in [5, 5.41) is 6.98. The molecular weight excluding hydrogens is 336 g/mol. The minimum absolute atomic E-state index is 0.226. The summed E-state index contributed by atoms with van der Waals surface area (Å²) in [6.45, 7) is 0.373. The first kappa shape index (κ1) is 17.0. The number of carbonyl (C=O) groups is 1. The Morgan fingerprint density at radius 3 is 2.76 bits per heavy atom. The molecule has 0 fully saturated rings. The van der Waals surface area contributed by atoms with Crippen molar-refractivity contribution in [3.05, 3.63) is 64.5 Å². The van der Waals surface area contributed by atoms with Crippen molar-refractivity contribution in [2.24, 2.45) is 0 Å². The molecule has 0 aliphatic heterocycles. The zero-order chi connectivity index (χ0) is 17.6. The summed E-state index contributed by atoms with van der Waals surface area (Å²) in [6, 6.07) is 11.1. The van der Waals surface area contributed by atoms with Gasteiger partial charge in [-0.2, -0.15) is 11.3 Å². The number of thiophene rings is 1. The number of carbonyl (C=O) groups excluding carboxylic acids is 1. The van der Waals surface area contributed by atoms with Crippen LogP contribution in [0.2, 0.25) is 0 Å². The highest BCUT2D eigenvalue weighted by Gasteiger charge is 2.16. The third-order valence-corrected chi connectivity index (χ3v) is 4.46. The average Bonchev–Trinajstić information content (AvgIpc) is 3.20. The minimum atomic E-state index is -0.226. The molecule has 5 nitrogen and oxygen atoms in total. The second kappa shape index (κ2) is 7.81. The zero-order valence-electron chi connectivity index (χ0n) is 14.0. The Morgan fingerprint density at radius 2 is 2.04 bits per heavy atom. The molecule has 128 valence electrons. The monoisotopic (exact) mass is 354 g/mol. The van der Waals surface area contributed by atoms with Gasteiger partial charge in [0.1, 0.15) is 0 Å². The van der Waals surface area contributed by atoms with Crippen LogP contribution in [0.3, 0.4) is 0 Å². The zero-order valence-corrected chi connectivity index (χ0v) is 14.8. The van der Waals surface area contributed by atoms with E-state index in [1.165, 1.54) is 7.11 Å². The third kappa shape index (κ3) is 3.64. The molecule has 6 heteroatoms. The number of amides is 1. The number of nitrogens with one attached hydrogen (secondary N) is 1. The SMILES string of the molecule is COc1cccc(C(=O)NCc2cccnc2-c2ccsc2)c1OC. The molecule has 0 bridgehead atoms. The Balaban J connectivity index is 1.80. The van der Waals surface area contributed by atoms with Gasteiger partial charge in [-0.15, -0.1) is 0 Å². The fraction of sp³-hybridized carbons (Fsp3) is 0.158. The van der Waals surface area contributed by atoms with Crippen LogP contribution in [0.5, 0.6) is 11.5 Å². The molecule has 2 aromatic heterocycles. The Morgan fingerprint density at radius 1 is 1.16 bits per heavy atom. The lowest BCUT2D eigenvalue weighted by Gasteiger charge is -2.13. The molecule has 0 unspecified atom stereocenters. The Kier molecular flexibility index (Phi) is 5.30. The highest BCUT2D eigenvalue weighted by molar-refractivity contribution is 7.08. The number of methoxy groups -OCH3 is 2. The molecule has 2 heterocycles. The van der Waals surface area contributed by atoms with Crippen LogP contribution in [0.15, 0.2) is 53.4 Å². The van der Waals surface area contributed by atoms with Crippen LogP contribution >= 0.6 is 11.3 Å². The summed E-state index contributed by atoms with van der Waals surface area (Å²) in [6.07, 6.45) is 1.75. The molecule has 1 amide bonds. The molecule has 0 saturated heterocycles. The lowest BCUT2D eigenvalue weighted by Crippen LogP contribution is -2.24.